The molecule has 1 nitrogen and oxygen atoms in total. The molecule has 0 aromatic heterocycles. The van der Waals surface area contributed by atoms with Gasteiger partial charge in [0.2, 0.25) is 0 Å². The largest absolute Gasteiger partial charge is 0.316 e. The molecule has 2 rings (SSSR count). The minimum Gasteiger partial charge on any atom is -0.316 e. The average molecular weight is 212 g/mol. The van der Waals surface area contributed by atoms with Gasteiger partial charge >= 0.3 is 0 Å². The Kier molecular flexibility index (Phi) is 3.97. The van der Waals surface area contributed by atoms with Crippen LogP contribution in [0.5, 0.6) is 0 Å². The van der Waals surface area contributed by atoms with Crippen LogP contribution < -0.4 is 5.32 Å². The van der Waals surface area contributed by atoms with Crippen molar-refractivity contribution in [2.24, 2.45) is 0 Å². The topological polar surface area (TPSA) is 12.0 Å². The first-order chi connectivity index (χ1) is 6.25. The molecule has 78 valence electrons. The maximum atomic E-state index is 3.41. The number of hydrogen-bond acceptors (Lipinski definition) is 1. The highest BCUT2D eigenvalue weighted by Crippen LogP contribution is 2.23. The third-order valence-corrected chi connectivity index (χ3v) is 2.78. The van der Waals surface area contributed by atoms with Gasteiger partial charge in [0.25, 0.3) is 0 Å². The first-order valence-electron chi connectivity index (χ1n) is 5.04. The molecule has 1 unspecified atom stereocenters. The molecule has 1 aliphatic heterocycles. The summed E-state index contributed by atoms with van der Waals surface area (Å²) in [6, 6.07) is 6.89. The average Bonchev–Trinajstić information content (AvgIpc) is 2.53. The van der Waals surface area contributed by atoms with Crippen LogP contribution >= 0.6 is 12.4 Å². The molecule has 14 heavy (non-hydrogen) atoms. The van der Waals surface area contributed by atoms with E-state index in [0.29, 0.717) is 0 Å². The zero-order valence-electron chi connectivity index (χ0n) is 8.84. The lowest BCUT2D eigenvalue weighted by Crippen LogP contribution is -2.08. The molecule has 1 saturated heterocycles. The van der Waals surface area contributed by atoms with E-state index in [2.05, 4.69) is 37.4 Å². The Hall–Kier alpha value is -0.530. The number of aryl methyl sites for hydroxylation is 2. The first-order valence-corrected chi connectivity index (χ1v) is 5.04. The first kappa shape index (κ1) is 11.5. The molecular weight excluding hydrogens is 194 g/mol. The highest BCUT2D eigenvalue weighted by atomic mass is 35.5. The summed E-state index contributed by atoms with van der Waals surface area (Å²) in [6.07, 6.45) is 1.29. The van der Waals surface area contributed by atoms with E-state index in [9.17, 15) is 0 Å². The predicted molar refractivity (Wildman–Crippen MR) is 63.4 cm³/mol. The molecule has 0 spiro atoms. The third-order valence-electron chi connectivity index (χ3n) is 2.78. The van der Waals surface area contributed by atoms with Gasteiger partial charge in [-0.3, -0.25) is 0 Å². The van der Waals surface area contributed by atoms with Crippen LogP contribution in [-0.2, 0) is 0 Å². The molecule has 1 aromatic carbocycles. The number of hydrogen-bond donors (Lipinski definition) is 1. The van der Waals surface area contributed by atoms with Crippen LogP contribution in [0.3, 0.4) is 0 Å². The quantitative estimate of drug-likeness (QED) is 0.754. The Morgan fingerprint density at radius 2 is 1.79 bits per heavy atom. The lowest BCUT2D eigenvalue weighted by molar-refractivity contribution is 0.761. The molecule has 1 heterocycles. The van der Waals surface area contributed by atoms with Crippen molar-refractivity contribution in [3.8, 4) is 0 Å². The fourth-order valence-corrected chi connectivity index (χ4v) is 2.18. The van der Waals surface area contributed by atoms with Crippen LogP contribution in [0, 0.1) is 13.8 Å². The van der Waals surface area contributed by atoms with Gasteiger partial charge in [0.15, 0.2) is 0 Å². The maximum Gasteiger partial charge on any atom is 0.00206 e. The van der Waals surface area contributed by atoms with Crippen molar-refractivity contribution < 1.29 is 0 Å². The van der Waals surface area contributed by atoms with E-state index in [1.807, 2.05) is 0 Å². The zero-order chi connectivity index (χ0) is 9.26. The number of rotatable bonds is 1. The van der Waals surface area contributed by atoms with Gasteiger partial charge < -0.3 is 5.32 Å². The SMILES string of the molecule is Cc1cc(C)cc(C2CCNC2)c1.Cl. The lowest BCUT2D eigenvalue weighted by atomic mass is 9.95. The Bertz CT molecular complexity index is 283. The number of halogens is 1. The van der Waals surface area contributed by atoms with E-state index in [1.54, 1.807) is 0 Å². The number of benzene rings is 1. The second-order valence-electron chi connectivity index (χ2n) is 4.11. The molecule has 0 aliphatic carbocycles. The molecule has 1 atom stereocenters. The Balaban J connectivity index is 0.000000980. The summed E-state index contributed by atoms with van der Waals surface area (Å²) in [5.74, 6) is 0.749. The highest BCUT2D eigenvalue weighted by molar-refractivity contribution is 5.85. The Morgan fingerprint density at radius 1 is 1.14 bits per heavy atom. The van der Waals surface area contributed by atoms with E-state index >= 15 is 0 Å². The van der Waals surface area contributed by atoms with Crippen molar-refractivity contribution in [3.05, 3.63) is 34.9 Å². The molecular formula is C12H18ClN. The standard InChI is InChI=1S/C12H17N.ClH/c1-9-5-10(2)7-12(6-9)11-3-4-13-8-11;/h5-7,11,13H,3-4,8H2,1-2H3;1H. The summed E-state index contributed by atoms with van der Waals surface area (Å²) in [5.41, 5.74) is 4.30. The van der Waals surface area contributed by atoms with Crippen molar-refractivity contribution in [2.75, 3.05) is 13.1 Å². The minimum absolute atomic E-state index is 0. The molecule has 0 bridgehead atoms. The van der Waals surface area contributed by atoms with E-state index in [4.69, 9.17) is 0 Å². The number of nitrogens with one attached hydrogen (secondary N) is 1. The van der Waals surface area contributed by atoms with Crippen LogP contribution in [0.15, 0.2) is 18.2 Å². The molecule has 0 saturated carbocycles. The summed E-state index contributed by atoms with van der Waals surface area (Å²) < 4.78 is 0. The summed E-state index contributed by atoms with van der Waals surface area (Å²) in [6.45, 7) is 6.69. The second kappa shape index (κ2) is 4.81. The van der Waals surface area contributed by atoms with E-state index in [-0.39, 0.29) is 12.4 Å². The van der Waals surface area contributed by atoms with Gasteiger partial charge in [0, 0.05) is 6.54 Å². The summed E-state index contributed by atoms with van der Waals surface area (Å²) in [5, 5.41) is 3.41. The fraction of sp³-hybridized carbons (Fsp3) is 0.500. The Labute approximate surface area is 92.3 Å². The van der Waals surface area contributed by atoms with Crippen molar-refractivity contribution in [2.45, 2.75) is 26.2 Å². The summed E-state index contributed by atoms with van der Waals surface area (Å²) in [7, 11) is 0. The molecule has 2 heteroatoms. The monoisotopic (exact) mass is 211 g/mol. The summed E-state index contributed by atoms with van der Waals surface area (Å²) >= 11 is 0. The maximum absolute atomic E-state index is 3.41. The van der Waals surface area contributed by atoms with Gasteiger partial charge in [-0.2, -0.15) is 0 Å². The van der Waals surface area contributed by atoms with Crippen LogP contribution in [0.2, 0.25) is 0 Å². The van der Waals surface area contributed by atoms with Gasteiger partial charge in [-0.05, 0) is 38.3 Å². The van der Waals surface area contributed by atoms with Gasteiger partial charge in [-0.25, -0.2) is 0 Å². The molecule has 0 amide bonds. The van der Waals surface area contributed by atoms with Crippen molar-refractivity contribution in [1.29, 1.82) is 0 Å². The van der Waals surface area contributed by atoms with Crippen LogP contribution in [0.1, 0.15) is 29.0 Å². The van der Waals surface area contributed by atoms with Crippen molar-refractivity contribution in [1.82, 2.24) is 5.32 Å². The van der Waals surface area contributed by atoms with Crippen molar-refractivity contribution >= 4 is 12.4 Å². The molecule has 1 fully saturated rings. The lowest BCUT2D eigenvalue weighted by Gasteiger charge is -2.10. The zero-order valence-corrected chi connectivity index (χ0v) is 9.66. The fourth-order valence-electron chi connectivity index (χ4n) is 2.18. The smallest absolute Gasteiger partial charge is 0.00206 e. The minimum atomic E-state index is 0. The predicted octanol–water partition coefficient (Wildman–Crippen LogP) is 2.80. The van der Waals surface area contributed by atoms with Crippen LogP contribution in [-0.4, -0.2) is 13.1 Å². The second-order valence-corrected chi connectivity index (χ2v) is 4.11. The molecule has 0 radical (unpaired) electrons. The van der Waals surface area contributed by atoms with Gasteiger partial charge in [-0.15, -0.1) is 12.4 Å². The molecule has 1 aromatic rings. The summed E-state index contributed by atoms with van der Waals surface area (Å²) in [4.78, 5) is 0. The van der Waals surface area contributed by atoms with E-state index in [0.717, 1.165) is 12.5 Å². The van der Waals surface area contributed by atoms with E-state index in [1.165, 1.54) is 29.7 Å². The van der Waals surface area contributed by atoms with E-state index < -0.39 is 0 Å². The molecule has 1 N–H and O–H groups in total. The Morgan fingerprint density at radius 3 is 2.29 bits per heavy atom. The third kappa shape index (κ3) is 2.49. The normalized spacial score (nSPS) is 20.6. The van der Waals surface area contributed by atoms with Crippen LogP contribution in [0.25, 0.3) is 0 Å². The highest BCUT2D eigenvalue weighted by Gasteiger charge is 2.16. The van der Waals surface area contributed by atoms with Crippen LogP contribution in [0.4, 0.5) is 0 Å². The van der Waals surface area contributed by atoms with Crippen molar-refractivity contribution in [3.63, 3.8) is 0 Å². The van der Waals surface area contributed by atoms with Gasteiger partial charge in [0.05, 0.1) is 0 Å². The van der Waals surface area contributed by atoms with Gasteiger partial charge in [-0.1, -0.05) is 29.3 Å². The van der Waals surface area contributed by atoms with Gasteiger partial charge in [0.1, 0.15) is 0 Å². The molecule has 1 aliphatic rings.